The molecule has 8 heteroatoms. The first-order valence-electron chi connectivity index (χ1n) is 6.46. The van der Waals surface area contributed by atoms with E-state index in [4.69, 9.17) is 14.6 Å². The smallest absolute Gasteiger partial charge is 0.291 e. The summed E-state index contributed by atoms with van der Waals surface area (Å²) in [5.41, 5.74) is 4.56. The van der Waals surface area contributed by atoms with Crippen LogP contribution in [0.1, 0.15) is 26.9 Å². The number of fused-ring (bicyclic) bond motifs is 1. The van der Waals surface area contributed by atoms with E-state index in [0.29, 0.717) is 11.8 Å². The van der Waals surface area contributed by atoms with Crippen molar-refractivity contribution in [1.29, 1.82) is 0 Å². The lowest BCUT2D eigenvalue weighted by Crippen LogP contribution is -2.16. The Bertz CT molecular complexity index is 942. The molecule has 0 spiro atoms. The maximum atomic E-state index is 13.8. The fourth-order valence-corrected chi connectivity index (χ4v) is 2.15. The highest BCUT2D eigenvalue weighted by molar-refractivity contribution is 6.13. The molecule has 2 aromatic heterocycles. The van der Waals surface area contributed by atoms with E-state index in [1.165, 1.54) is 6.07 Å². The van der Waals surface area contributed by atoms with Crippen LogP contribution in [0.15, 0.2) is 33.1 Å². The molecule has 0 saturated heterocycles. The fourth-order valence-electron chi connectivity index (χ4n) is 2.15. The van der Waals surface area contributed by atoms with Gasteiger partial charge in [-0.2, -0.15) is 0 Å². The van der Waals surface area contributed by atoms with Crippen LogP contribution >= 0.6 is 0 Å². The topological polar surface area (TPSA) is 98.5 Å². The number of amides is 2. The average molecular weight is 320 g/mol. The number of benzene rings is 1. The van der Waals surface area contributed by atoms with E-state index in [1.807, 2.05) is 0 Å². The zero-order chi connectivity index (χ0) is 16.7. The molecule has 0 unspecified atom stereocenters. The molecule has 3 rings (SSSR count). The molecule has 0 saturated carbocycles. The molecular weight excluding hydrogens is 310 g/mol. The molecule has 23 heavy (non-hydrogen) atoms. The first-order chi connectivity index (χ1) is 10.9. The number of primary amides is 1. The third-order valence-electron chi connectivity index (χ3n) is 3.14. The standard InChI is InChI=1S/C15H10F2N2O4/c1-6-2-3-10(22-6)15(21)19-11-8-4-7(16)5-9(17)12(8)23-13(11)14(18)20/h2-5H,1H3,(H2,18,20)(H,19,21). The second-order valence-corrected chi connectivity index (χ2v) is 4.80. The minimum atomic E-state index is -1.04. The number of carbonyl (C=O) groups is 2. The number of carbonyl (C=O) groups excluding carboxylic acids is 2. The molecule has 0 fully saturated rings. The minimum absolute atomic E-state index is 0.0378. The van der Waals surface area contributed by atoms with E-state index in [0.717, 1.165) is 6.07 Å². The summed E-state index contributed by atoms with van der Waals surface area (Å²) in [5.74, 6) is -3.68. The van der Waals surface area contributed by atoms with Crippen LogP contribution in [-0.2, 0) is 0 Å². The normalized spacial score (nSPS) is 10.9. The molecule has 3 N–H and O–H groups in total. The zero-order valence-corrected chi connectivity index (χ0v) is 11.8. The number of hydrogen-bond donors (Lipinski definition) is 2. The Balaban J connectivity index is 2.13. The van der Waals surface area contributed by atoms with Gasteiger partial charge in [0.1, 0.15) is 17.3 Å². The molecule has 2 amide bonds. The Kier molecular flexibility index (Phi) is 3.36. The fraction of sp³-hybridized carbons (Fsp3) is 0.0667. The second-order valence-electron chi connectivity index (χ2n) is 4.80. The van der Waals surface area contributed by atoms with Gasteiger partial charge < -0.3 is 19.9 Å². The monoisotopic (exact) mass is 320 g/mol. The van der Waals surface area contributed by atoms with Gasteiger partial charge in [0.15, 0.2) is 17.2 Å². The Labute approximate surface area is 127 Å². The summed E-state index contributed by atoms with van der Waals surface area (Å²) < 4.78 is 37.3. The maximum Gasteiger partial charge on any atom is 0.291 e. The van der Waals surface area contributed by atoms with Crippen molar-refractivity contribution in [3.05, 3.63) is 53.2 Å². The first-order valence-corrected chi connectivity index (χ1v) is 6.46. The van der Waals surface area contributed by atoms with Gasteiger partial charge in [-0.25, -0.2) is 8.78 Å². The number of anilines is 1. The van der Waals surface area contributed by atoms with E-state index in [-0.39, 0.29) is 22.4 Å². The summed E-state index contributed by atoms with van der Waals surface area (Å²) >= 11 is 0. The van der Waals surface area contributed by atoms with E-state index >= 15 is 0 Å². The lowest BCUT2D eigenvalue weighted by atomic mass is 10.2. The molecule has 0 bridgehead atoms. The Morgan fingerprint density at radius 3 is 2.52 bits per heavy atom. The van der Waals surface area contributed by atoms with E-state index in [2.05, 4.69) is 5.32 Å². The molecule has 1 aromatic carbocycles. The minimum Gasteiger partial charge on any atom is -0.456 e. The number of hydrogen-bond acceptors (Lipinski definition) is 4. The highest BCUT2D eigenvalue weighted by Gasteiger charge is 2.24. The van der Waals surface area contributed by atoms with Crippen molar-refractivity contribution < 1.29 is 27.2 Å². The van der Waals surface area contributed by atoms with Gasteiger partial charge in [0.2, 0.25) is 5.76 Å². The van der Waals surface area contributed by atoms with Gasteiger partial charge in [0, 0.05) is 6.07 Å². The number of nitrogens with one attached hydrogen (secondary N) is 1. The molecule has 0 aliphatic rings. The van der Waals surface area contributed by atoms with E-state index in [1.54, 1.807) is 13.0 Å². The molecule has 6 nitrogen and oxygen atoms in total. The molecule has 2 heterocycles. The van der Waals surface area contributed by atoms with Crippen molar-refractivity contribution in [1.82, 2.24) is 0 Å². The molecule has 0 radical (unpaired) electrons. The average Bonchev–Trinajstić information content (AvgIpc) is 3.04. The van der Waals surface area contributed by atoms with Gasteiger partial charge in [-0.1, -0.05) is 0 Å². The molecule has 3 aromatic rings. The van der Waals surface area contributed by atoms with Gasteiger partial charge in [0.25, 0.3) is 11.8 Å². The van der Waals surface area contributed by atoms with Crippen molar-refractivity contribution in [2.45, 2.75) is 6.92 Å². The number of aryl methyl sites for hydroxylation is 1. The van der Waals surface area contributed by atoms with Crippen LogP contribution < -0.4 is 11.1 Å². The zero-order valence-electron chi connectivity index (χ0n) is 11.8. The van der Waals surface area contributed by atoms with Gasteiger partial charge in [0.05, 0.1) is 5.39 Å². The lowest BCUT2D eigenvalue weighted by molar-refractivity contribution is 0.0977. The number of furan rings is 2. The van der Waals surface area contributed by atoms with Gasteiger partial charge in [-0.05, 0) is 25.1 Å². The maximum absolute atomic E-state index is 13.8. The third kappa shape index (κ3) is 2.54. The summed E-state index contributed by atoms with van der Waals surface area (Å²) in [6.07, 6.45) is 0. The van der Waals surface area contributed by atoms with Crippen LogP contribution in [0.5, 0.6) is 0 Å². The van der Waals surface area contributed by atoms with Crippen molar-refractivity contribution in [2.24, 2.45) is 5.73 Å². The second kappa shape index (κ2) is 5.24. The van der Waals surface area contributed by atoms with Crippen LogP contribution in [0.2, 0.25) is 0 Å². The molecular formula is C15H10F2N2O4. The third-order valence-corrected chi connectivity index (χ3v) is 3.14. The van der Waals surface area contributed by atoms with Gasteiger partial charge >= 0.3 is 0 Å². The summed E-state index contributed by atoms with van der Waals surface area (Å²) in [6.45, 7) is 1.64. The largest absolute Gasteiger partial charge is 0.456 e. The van der Waals surface area contributed by atoms with Crippen LogP contribution in [-0.4, -0.2) is 11.8 Å². The Hall–Kier alpha value is -3.16. The predicted molar refractivity (Wildman–Crippen MR) is 76.0 cm³/mol. The number of halogens is 2. The first kappa shape index (κ1) is 14.8. The summed E-state index contributed by atoms with van der Waals surface area (Å²) in [6, 6.07) is 4.50. The Morgan fingerprint density at radius 1 is 1.17 bits per heavy atom. The van der Waals surface area contributed by atoms with Crippen molar-refractivity contribution >= 4 is 28.5 Å². The highest BCUT2D eigenvalue weighted by atomic mass is 19.1. The van der Waals surface area contributed by atoms with Crippen LogP contribution in [0, 0.1) is 18.6 Å². The molecule has 118 valence electrons. The summed E-state index contributed by atoms with van der Waals surface area (Å²) in [4.78, 5) is 23.6. The summed E-state index contributed by atoms with van der Waals surface area (Å²) in [7, 11) is 0. The molecule has 0 atom stereocenters. The molecule has 0 aliphatic carbocycles. The summed E-state index contributed by atoms with van der Waals surface area (Å²) in [5, 5.41) is 2.22. The Morgan fingerprint density at radius 2 is 1.91 bits per heavy atom. The van der Waals surface area contributed by atoms with Gasteiger partial charge in [-0.3, -0.25) is 9.59 Å². The number of rotatable bonds is 3. The van der Waals surface area contributed by atoms with Crippen molar-refractivity contribution in [3.8, 4) is 0 Å². The van der Waals surface area contributed by atoms with Crippen molar-refractivity contribution in [2.75, 3.05) is 5.32 Å². The lowest BCUT2D eigenvalue weighted by Gasteiger charge is -2.02. The molecule has 0 aliphatic heterocycles. The highest BCUT2D eigenvalue weighted by Crippen LogP contribution is 2.33. The number of nitrogens with two attached hydrogens (primary N) is 1. The van der Waals surface area contributed by atoms with Crippen molar-refractivity contribution in [3.63, 3.8) is 0 Å². The quantitative estimate of drug-likeness (QED) is 0.775. The predicted octanol–water partition coefficient (Wildman–Crippen LogP) is 2.96. The SMILES string of the molecule is Cc1ccc(C(=O)Nc2c(C(N)=O)oc3c(F)cc(F)cc23)o1. The van der Waals surface area contributed by atoms with E-state index < -0.39 is 29.2 Å². The van der Waals surface area contributed by atoms with Crippen LogP contribution in [0.25, 0.3) is 11.0 Å². The van der Waals surface area contributed by atoms with Crippen LogP contribution in [0.4, 0.5) is 14.5 Å². The van der Waals surface area contributed by atoms with Crippen LogP contribution in [0.3, 0.4) is 0 Å². The van der Waals surface area contributed by atoms with E-state index in [9.17, 15) is 18.4 Å². The van der Waals surface area contributed by atoms with Gasteiger partial charge in [-0.15, -0.1) is 0 Å².